The summed E-state index contributed by atoms with van der Waals surface area (Å²) in [6, 6.07) is 4.57. The molecule has 1 heterocycles. The van der Waals surface area contributed by atoms with Crippen LogP contribution >= 0.6 is 15.9 Å². The van der Waals surface area contributed by atoms with Gasteiger partial charge < -0.3 is 10.0 Å². The Kier molecular flexibility index (Phi) is 3.14. The first-order chi connectivity index (χ1) is 7.59. The normalized spacial score (nSPS) is 20.1. The Morgan fingerprint density at radius 3 is 2.94 bits per heavy atom. The Morgan fingerprint density at radius 1 is 1.56 bits per heavy atom. The number of likely N-dealkylation sites (tertiary alicyclic amines) is 1. The predicted octanol–water partition coefficient (Wildman–Crippen LogP) is 3.40. The maximum atomic E-state index is 13.3. The van der Waals surface area contributed by atoms with Crippen molar-refractivity contribution in [1.82, 2.24) is 4.90 Å². The SMILES string of the molecule is O=C(O)N1CCCC1c1ccc(Br)c(F)c1. The molecule has 1 fully saturated rings. The van der Waals surface area contributed by atoms with Gasteiger partial charge in [-0.2, -0.15) is 0 Å². The monoisotopic (exact) mass is 287 g/mol. The minimum atomic E-state index is -0.939. The number of halogens is 2. The average molecular weight is 288 g/mol. The highest BCUT2D eigenvalue weighted by atomic mass is 79.9. The number of amides is 1. The third-order valence-corrected chi connectivity index (χ3v) is 3.47. The zero-order valence-electron chi connectivity index (χ0n) is 8.49. The van der Waals surface area contributed by atoms with Crippen LogP contribution < -0.4 is 0 Å². The molecule has 0 saturated carbocycles. The molecule has 0 aliphatic carbocycles. The van der Waals surface area contributed by atoms with E-state index < -0.39 is 6.09 Å². The lowest BCUT2D eigenvalue weighted by atomic mass is 10.0. The van der Waals surface area contributed by atoms with E-state index in [4.69, 9.17) is 5.11 Å². The highest BCUT2D eigenvalue weighted by Crippen LogP contribution is 2.33. The number of rotatable bonds is 1. The van der Waals surface area contributed by atoms with Crippen molar-refractivity contribution in [2.75, 3.05) is 6.54 Å². The number of carboxylic acid groups (broad SMARTS) is 1. The van der Waals surface area contributed by atoms with Crippen LogP contribution in [-0.4, -0.2) is 22.6 Å². The van der Waals surface area contributed by atoms with Gasteiger partial charge in [0.1, 0.15) is 5.82 Å². The first kappa shape index (κ1) is 11.4. The van der Waals surface area contributed by atoms with Gasteiger partial charge in [0, 0.05) is 6.54 Å². The summed E-state index contributed by atoms with van der Waals surface area (Å²) in [7, 11) is 0. The third kappa shape index (κ3) is 2.04. The molecule has 1 aliphatic heterocycles. The maximum absolute atomic E-state index is 13.3. The van der Waals surface area contributed by atoms with Gasteiger partial charge in [0.15, 0.2) is 0 Å². The highest BCUT2D eigenvalue weighted by molar-refractivity contribution is 9.10. The average Bonchev–Trinajstić information content (AvgIpc) is 2.71. The van der Waals surface area contributed by atoms with Crippen molar-refractivity contribution in [3.63, 3.8) is 0 Å². The van der Waals surface area contributed by atoms with E-state index in [1.54, 1.807) is 12.1 Å². The molecule has 0 spiro atoms. The van der Waals surface area contributed by atoms with E-state index in [1.165, 1.54) is 11.0 Å². The number of carbonyl (C=O) groups is 1. The molecule has 1 amide bonds. The minimum absolute atomic E-state index is 0.208. The molecule has 86 valence electrons. The predicted molar refractivity (Wildman–Crippen MR) is 60.8 cm³/mol. The first-order valence-corrected chi connectivity index (χ1v) is 5.83. The van der Waals surface area contributed by atoms with Crippen molar-refractivity contribution in [3.8, 4) is 0 Å². The molecule has 3 nitrogen and oxygen atoms in total. The van der Waals surface area contributed by atoms with E-state index in [0.29, 0.717) is 11.0 Å². The number of benzene rings is 1. The lowest BCUT2D eigenvalue weighted by molar-refractivity contribution is 0.140. The molecule has 16 heavy (non-hydrogen) atoms. The summed E-state index contributed by atoms with van der Waals surface area (Å²) < 4.78 is 13.7. The van der Waals surface area contributed by atoms with Gasteiger partial charge >= 0.3 is 6.09 Å². The number of hydrogen-bond donors (Lipinski definition) is 1. The van der Waals surface area contributed by atoms with E-state index in [9.17, 15) is 9.18 Å². The summed E-state index contributed by atoms with van der Waals surface area (Å²) in [5, 5.41) is 8.99. The van der Waals surface area contributed by atoms with Crippen molar-refractivity contribution in [3.05, 3.63) is 34.1 Å². The van der Waals surface area contributed by atoms with Crippen LogP contribution in [0.25, 0.3) is 0 Å². The Balaban J connectivity index is 2.29. The summed E-state index contributed by atoms with van der Waals surface area (Å²) >= 11 is 3.08. The second-order valence-corrected chi connectivity index (χ2v) is 4.66. The molecule has 1 aliphatic rings. The standard InChI is InChI=1S/C11H11BrFNO2/c12-8-4-3-7(6-9(8)13)10-2-1-5-14(10)11(15)16/h3-4,6,10H,1-2,5H2,(H,15,16). The fourth-order valence-electron chi connectivity index (χ4n) is 2.06. The minimum Gasteiger partial charge on any atom is -0.465 e. The quantitative estimate of drug-likeness (QED) is 0.860. The Hall–Kier alpha value is -1.10. The van der Waals surface area contributed by atoms with Crippen LogP contribution in [0.2, 0.25) is 0 Å². The third-order valence-electron chi connectivity index (χ3n) is 2.83. The van der Waals surface area contributed by atoms with Gasteiger partial charge in [-0.25, -0.2) is 9.18 Å². The van der Waals surface area contributed by atoms with Crippen LogP contribution in [-0.2, 0) is 0 Å². The lowest BCUT2D eigenvalue weighted by Gasteiger charge is -2.21. The van der Waals surface area contributed by atoms with Crippen molar-refractivity contribution in [1.29, 1.82) is 0 Å². The summed E-state index contributed by atoms with van der Waals surface area (Å²) in [5.41, 5.74) is 0.723. The Labute approximate surface area is 101 Å². The Morgan fingerprint density at radius 2 is 2.31 bits per heavy atom. The molecular formula is C11H11BrFNO2. The summed E-state index contributed by atoms with van der Waals surface area (Å²) in [5.74, 6) is -0.352. The van der Waals surface area contributed by atoms with E-state index in [-0.39, 0.29) is 11.9 Å². The molecule has 1 atom stereocenters. The van der Waals surface area contributed by atoms with Crippen molar-refractivity contribution >= 4 is 22.0 Å². The molecule has 1 unspecified atom stereocenters. The van der Waals surface area contributed by atoms with Crippen LogP contribution in [0.1, 0.15) is 24.4 Å². The molecule has 0 bridgehead atoms. The van der Waals surface area contributed by atoms with E-state index in [1.807, 2.05) is 0 Å². The van der Waals surface area contributed by atoms with E-state index in [0.717, 1.165) is 18.4 Å². The maximum Gasteiger partial charge on any atom is 0.407 e. The van der Waals surface area contributed by atoms with Gasteiger partial charge in [-0.15, -0.1) is 0 Å². The molecular weight excluding hydrogens is 277 g/mol. The zero-order chi connectivity index (χ0) is 11.7. The van der Waals surface area contributed by atoms with Crippen LogP contribution in [0.15, 0.2) is 22.7 Å². The fourth-order valence-corrected chi connectivity index (χ4v) is 2.31. The van der Waals surface area contributed by atoms with Crippen LogP contribution in [0.5, 0.6) is 0 Å². The van der Waals surface area contributed by atoms with Crippen molar-refractivity contribution in [2.24, 2.45) is 0 Å². The molecule has 0 radical (unpaired) electrons. The van der Waals surface area contributed by atoms with Gasteiger partial charge in [0.05, 0.1) is 10.5 Å². The van der Waals surface area contributed by atoms with Gasteiger partial charge in [0.25, 0.3) is 0 Å². The molecule has 5 heteroatoms. The number of hydrogen-bond acceptors (Lipinski definition) is 1. The van der Waals surface area contributed by atoms with Gasteiger partial charge in [-0.3, -0.25) is 0 Å². The lowest BCUT2D eigenvalue weighted by Crippen LogP contribution is -2.28. The van der Waals surface area contributed by atoms with Crippen LogP contribution in [0.4, 0.5) is 9.18 Å². The smallest absolute Gasteiger partial charge is 0.407 e. The first-order valence-electron chi connectivity index (χ1n) is 5.04. The highest BCUT2D eigenvalue weighted by Gasteiger charge is 2.29. The fraction of sp³-hybridized carbons (Fsp3) is 0.364. The van der Waals surface area contributed by atoms with Gasteiger partial charge in [-0.05, 0) is 46.5 Å². The van der Waals surface area contributed by atoms with Crippen LogP contribution in [0.3, 0.4) is 0 Å². The van der Waals surface area contributed by atoms with E-state index >= 15 is 0 Å². The molecule has 2 rings (SSSR count). The topological polar surface area (TPSA) is 40.5 Å². The summed E-state index contributed by atoms with van der Waals surface area (Å²) in [6.07, 6.45) is 0.646. The van der Waals surface area contributed by atoms with Crippen molar-refractivity contribution < 1.29 is 14.3 Å². The summed E-state index contributed by atoms with van der Waals surface area (Å²) in [4.78, 5) is 12.3. The molecule has 0 aromatic heterocycles. The van der Waals surface area contributed by atoms with Gasteiger partial charge in [-0.1, -0.05) is 6.07 Å². The summed E-state index contributed by atoms with van der Waals surface area (Å²) in [6.45, 7) is 0.525. The Bertz CT molecular complexity index is 424. The van der Waals surface area contributed by atoms with Crippen LogP contribution in [0, 0.1) is 5.82 Å². The number of nitrogens with zero attached hydrogens (tertiary/aromatic N) is 1. The van der Waals surface area contributed by atoms with Crippen molar-refractivity contribution in [2.45, 2.75) is 18.9 Å². The molecule has 1 aromatic rings. The largest absolute Gasteiger partial charge is 0.465 e. The second kappa shape index (κ2) is 4.41. The second-order valence-electron chi connectivity index (χ2n) is 3.81. The molecule has 1 N–H and O–H groups in total. The molecule has 1 saturated heterocycles. The molecule has 1 aromatic carbocycles. The van der Waals surface area contributed by atoms with Gasteiger partial charge in [0.2, 0.25) is 0 Å². The zero-order valence-corrected chi connectivity index (χ0v) is 10.1. The van der Waals surface area contributed by atoms with E-state index in [2.05, 4.69) is 15.9 Å².